The maximum atomic E-state index is 13.3. The van der Waals surface area contributed by atoms with Gasteiger partial charge in [-0.1, -0.05) is 23.7 Å². The van der Waals surface area contributed by atoms with Gasteiger partial charge in [0, 0.05) is 44.8 Å². The molecule has 1 atom stereocenters. The summed E-state index contributed by atoms with van der Waals surface area (Å²) in [6.07, 6.45) is 3.87. The number of likely N-dealkylation sites (tertiary alicyclic amines) is 1. The summed E-state index contributed by atoms with van der Waals surface area (Å²) < 4.78 is 33.9. The third-order valence-electron chi connectivity index (χ3n) is 7.46. The minimum atomic E-state index is -3.72. The highest BCUT2D eigenvalue weighted by Gasteiger charge is 2.37. The lowest BCUT2D eigenvalue weighted by Gasteiger charge is -2.42. The van der Waals surface area contributed by atoms with Crippen molar-refractivity contribution >= 4 is 27.5 Å². The topological polar surface area (TPSA) is 73.4 Å². The minimum Gasteiger partial charge on any atom is -0.370 e. The monoisotopic (exact) mass is 512 g/mol. The number of hydrogen-bond acceptors (Lipinski definition) is 6. The van der Waals surface area contributed by atoms with E-state index in [2.05, 4.69) is 16.8 Å². The van der Waals surface area contributed by atoms with E-state index in [1.807, 2.05) is 4.90 Å². The van der Waals surface area contributed by atoms with Crippen LogP contribution in [0.5, 0.6) is 0 Å². The molecule has 0 N–H and O–H groups in total. The molecule has 8 nitrogen and oxygen atoms in total. The van der Waals surface area contributed by atoms with Crippen LogP contribution in [-0.2, 0) is 19.6 Å². The highest BCUT2D eigenvalue weighted by molar-refractivity contribution is 7.89. The first kappa shape index (κ1) is 25.9. The molecule has 190 valence electrons. The first-order valence-electron chi connectivity index (χ1n) is 12.3. The van der Waals surface area contributed by atoms with Crippen molar-refractivity contribution in [2.24, 2.45) is 0 Å². The lowest BCUT2D eigenvalue weighted by Crippen LogP contribution is -2.54. The number of sulfonamides is 1. The molecule has 3 aliphatic rings. The van der Waals surface area contributed by atoms with Gasteiger partial charge in [-0.25, -0.2) is 8.42 Å². The van der Waals surface area contributed by atoms with E-state index in [9.17, 15) is 13.2 Å². The Kier molecular flexibility index (Phi) is 8.53. The van der Waals surface area contributed by atoms with Crippen LogP contribution in [0.25, 0.3) is 0 Å². The third kappa shape index (κ3) is 5.77. The Bertz CT molecular complexity index is 939. The summed E-state index contributed by atoms with van der Waals surface area (Å²) in [5, 5.41) is 0.237. The molecule has 0 bridgehead atoms. The number of hydrogen-bond donors (Lipinski definition) is 0. The number of carbonyl (C=O) groups is 1. The molecule has 0 radical (unpaired) electrons. The first-order chi connectivity index (χ1) is 16.3. The van der Waals surface area contributed by atoms with Gasteiger partial charge in [0.25, 0.3) is 0 Å². The zero-order valence-corrected chi connectivity index (χ0v) is 21.9. The van der Waals surface area contributed by atoms with Crippen molar-refractivity contribution in [3.63, 3.8) is 0 Å². The van der Waals surface area contributed by atoms with Gasteiger partial charge in [-0.3, -0.25) is 9.69 Å². The van der Waals surface area contributed by atoms with Gasteiger partial charge in [-0.15, -0.1) is 0 Å². The number of halogens is 1. The van der Waals surface area contributed by atoms with E-state index in [1.54, 1.807) is 25.1 Å². The molecule has 0 unspecified atom stereocenters. The smallest absolute Gasteiger partial charge is 0.248 e. The quantitative estimate of drug-likeness (QED) is 0.557. The fourth-order valence-corrected chi connectivity index (χ4v) is 7.89. The molecule has 3 fully saturated rings. The van der Waals surface area contributed by atoms with Crippen LogP contribution in [0.3, 0.4) is 0 Å². The molecule has 1 aromatic rings. The van der Waals surface area contributed by atoms with Crippen LogP contribution >= 0.6 is 11.6 Å². The van der Waals surface area contributed by atoms with Crippen molar-refractivity contribution in [3.8, 4) is 0 Å². The predicted molar refractivity (Wildman–Crippen MR) is 133 cm³/mol. The molecule has 3 aliphatic heterocycles. The molecule has 3 saturated heterocycles. The number of benzene rings is 1. The second kappa shape index (κ2) is 11.2. The highest BCUT2D eigenvalue weighted by Crippen LogP contribution is 2.32. The molecular weight excluding hydrogens is 476 g/mol. The predicted octanol–water partition coefficient (Wildman–Crippen LogP) is 2.06. The van der Waals surface area contributed by atoms with Crippen molar-refractivity contribution < 1.29 is 17.9 Å². The summed E-state index contributed by atoms with van der Waals surface area (Å²) in [4.78, 5) is 19.7. The summed E-state index contributed by atoms with van der Waals surface area (Å²) >= 11 is 6.25. The van der Waals surface area contributed by atoms with Crippen molar-refractivity contribution in [1.82, 2.24) is 19.0 Å². The Morgan fingerprint density at radius 1 is 1.06 bits per heavy atom. The van der Waals surface area contributed by atoms with Gasteiger partial charge in [-0.05, 0) is 64.4 Å². The van der Waals surface area contributed by atoms with Crippen molar-refractivity contribution in [2.45, 2.75) is 49.6 Å². The largest absolute Gasteiger partial charge is 0.370 e. The number of piperidine rings is 1. The molecule has 0 aliphatic carbocycles. The van der Waals surface area contributed by atoms with Crippen molar-refractivity contribution in [1.29, 1.82) is 0 Å². The molecule has 1 aromatic carbocycles. The number of aryl methyl sites for hydroxylation is 1. The molecule has 1 amide bonds. The van der Waals surface area contributed by atoms with Gasteiger partial charge < -0.3 is 14.5 Å². The first-order valence-corrected chi connectivity index (χ1v) is 14.1. The second-order valence-electron chi connectivity index (χ2n) is 9.76. The second-order valence-corrected chi connectivity index (χ2v) is 12.0. The number of ether oxygens (including phenoxy) is 1. The van der Waals surface area contributed by atoms with Gasteiger partial charge in [0.2, 0.25) is 15.9 Å². The van der Waals surface area contributed by atoms with Crippen LogP contribution < -0.4 is 0 Å². The number of piperazine rings is 1. The minimum absolute atomic E-state index is 0.0102. The number of rotatable bonds is 7. The summed E-state index contributed by atoms with van der Waals surface area (Å²) in [5.41, 5.74) is 0.633. The summed E-state index contributed by atoms with van der Waals surface area (Å²) in [7, 11) is -1.55. The van der Waals surface area contributed by atoms with Gasteiger partial charge in [0.1, 0.15) is 11.5 Å². The third-order valence-corrected chi connectivity index (χ3v) is 10.0. The SMILES string of the molecule is Cc1cccc(Cl)c1S(=O)(=O)N1CCC[C@H]1COCC(=O)N1CCN(C2CCN(C)CC2)CC1. The summed E-state index contributed by atoms with van der Waals surface area (Å²) in [6, 6.07) is 5.46. The highest BCUT2D eigenvalue weighted by atomic mass is 35.5. The Morgan fingerprint density at radius 3 is 2.44 bits per heavy atom. The zero-order valence-electron chi connectivity index (χ0n) is 20.3. The Morgan fingerprint density at radius 2 is 1.76 bits per heavy atom. The van der Waals surface area contributed by atoms with Crippen molar-refractivity contribution in [2.75, 3.05) is 66.1 Å². The van der Waals surface area contributed by atoms with Crippen molar-refractivity contribution in [3.05, 3.63) is 28.8 Å². The van der Waals surface area contributed by atoms with Crippen LogP contribution in [-0.4, -0.2) is 111 Å². The van der Waals surface area contributed by atoms with Crippen LogP contribution in [0.15, 0.2) is 23.1 Å². The molecule has 34 heavy (non-hydrogen) atoms. The van der Waals surface area contributed by atoms with E-state index < -0.39 is 10.0 Å². The van der Waals surface area contributed by atoms with Gasteiger partial charge in [0.05, 0.1) is 11.6 Å². The molecule has 0 spiro atoms. The molecule has 4 rings (SSSR count). The van der Waals surface area contributed by atoms with E-state index in [1.165, 1.54) is 17.1 Å². The number of nitrogens with zero attached hydrogens (tertiary/aromatic N) is 4. The van der Waals surface area contributed by atoms with Crippen LogP contribution in [0.1, 0.15) is 31.2 Å². The summed E-state index contributed by atoms with van der Waals surface area (Å²) in [5.74, 6) is -0.0163. The maximum Gasteiger partial charge on any atom is 0.248 e. The maximum absolute atomic E-state index is 13.3. The van der Waals surface area contributed by atoms with Gasteiger partial charge in [0.15, 0.2) is 0 Å². The average molecular weight is 513 g/mol. The van der Waals surface area contributed by atoms with Crippen LogP contribution in [0.4, 0.5) is 0 Å². The standard InChI is InChI=1S/C24H37ClN4O4S/c1-19-5-3-7-22(25)24(19)34(31,32)29-10-4-6-21(29)17-33-18-23(30)28-15-13-27(14-16-28)20-8-11-26(2)12-9-20/h3,5,7,20-21H,4,6,8-18H2,1-2H3/t21-/m0/s1. The van der Waals surface area contributed by atoms with E-state index >= 15 is 0 Å². The van der Waals surface area contributed by atoms with Gasteiger partial charge >= 0.3 is 0 Å². The van der Waals surface area contributed by atoms with E-state index in [-0.39, 0.29) is 35.1 Å². The molecule has 0 saturated carbocycles. The van der Waals surface area contributed by atoms with Crippen LogP contribution in [0.2, 0.25) is 5.02 Å². The van der Waals surface area contributed by atoms with E-state index in [4.69, 9.17) is 16.3 Å². The lowest BCUT2D eigenvalue weighted by atomic mass is 10.0. The summed E-state index contributed by atoms with van der Waals surface area (Å²) in [6.45, 7) is 7.95. The number of amides is 1. The van der Waals surface area contributed by atoms with Gasteiger partial charge in [-0.2, -0.15) is 4.31 Å². The zero-order chi connectivity index (χ0) is 24.3. The molecule has 10 heteroatoms. The fraction of sp³-hybridized carbons (Fsp3) is 0.708. The van der Waals surface area contributed by atoms with E-state index in [0.29, 0.717) is 24.6 Å². The Labute approximate surface area is 208 Å². The Hall–Kier alpha value is -1.23. The molecular formula is C24H37ClN4O4S. The average Bonchev–Trinajstić information content (AvgIpc) is 3.29. The number of carbonyl (C=O) groups excluding carboxylic acids is 1. The normalized spacial score (nSPS) is 24.1. The fourth-order valence-electron chi connectivity index (χ4n) is 5.42. The Balaban J connectivity index is 1.25. The lowest BCUT2D eigenvalue weighted by molar-refractivity contribution is -0.138. The molecule has 0 aromatic heterocycles. The molecule has 3 heterocycles. The van der Waals surface area contributed by atoms with Crippen LogP contribution in [0, 0.1) is 6.92 Å². The van der Waals surface area contributed by atoms with E-state index in [0.717, 1.165) is 45.7 Å².